The van der Waals surface area contributed by atoms with Gasteiger partial charge in [-0.2, -0.15) is 0 Å². The molecule has 0 saturated carbocycles. The highest BCUT2D eigenvalue weighted by atomic mass is 79.9. The van der Waals surface area contributed by atoms with E-state index in [0.717, 1.165) is 12.1 Å². The minimum Gasteiger partial charge on any atom is -0.279 e. The summed E-state index contributed by atoms with van der Waals surface area (Å²) in [7, 11) is -4.19. The van der Waals surface area contributed by atoms with Gasteiger partial charge in [0.15, 0.2) is 0 Å². The minimum atomic E-state index is -4.19. The Labute approximate surface area is 123 Å². The average molecular weight is 362 g/mol. The molecule has 2 aromatic rings. The number of aryl methyl sites for hydroxylation is 1. The van der Waals surface area contributed by atoms with Gasteiger partial charge in [-0.25, -0.2) is 17.2 Å². The van der Waals surface area contributed by atoms with Crippen molar-refractivity contribution in [2.24, 2.45) is 0 Å². The van der Waals surface area contributed by atoms with E-state index in [4.69, 9.17) is 0 Å². The maximum absolute atomic E-state index is 13.6. The molecule has 0 bridgehead atoms. The van der Waals surface area contributed by atoms with E-state index in [9.17, 15) is 17.2 Å². The molecular weight excluding hydrogens is 352 g/mol. The number of anilines is 1. The summed E-state index contributed by atoms with van der Waals surface area (Å²) in [5.41, 5.74) is 0.955. The number of sulfonamides is 1. The molecule has 0 atom stereocenters. The van der Waals surface area contributed by atoms with Crippen LogP contribution in [0.1, 0.15) is 5.56 Å². The van der Waals surface area contributed by atoms with Crippen molar-refractivity contribution in [2.45, 2.75) is 11.8 Å². The summed E-state index contributed by atoms with van der Waals surface area (Å²) < 4.78 is 53.8. The smallest absolute Gasteiger partial charge is 0.264 e. The van der Waals surface area contributed by atoms with Crippen molar-refractivity contribution in [1.82, 2.24) is 0 Å². The van der Waals surface area contributed by atoms with E-state index in [1.165, 1.54) is 0 Å². The third-order valence-electron chi connectivity index (χ3n) is 2.63. The number of rotatable bonds is 3. The van der Waals surface area contributed by atoms with E-state index in [1.807, 2.05) is 0 Å². The van der Waals surface area contributed by atoms with Crippen LogP contribution in [0.5, 0.6) is 0 Å². The van der Waals surface area contributed by atoms with Gasteiger partial charge < -0.3 is 0 Å². The molecule has 106 valence electrons. The number of nitrogens with one attached hydrogen (secondary N) is 1. The van der Waals surface area contributed by atoms with Gasteiger partial charge >= 0.3 is 0 Å². The SMILES string of the molecule is Cc1ccc(Br)cc1NS(=O)(=O)c1cc(F)ccc1F. The molecule has 0 fully saturated rings. The number of hydrogen-bond acceptors (Lipinski definition) is 2. The van der Waals surface area contributed by atoms with E-state index < -0.39 is 26.6 Å². The van der Waals surface area contributed by atoms with Gasteiger partial charge in [-0.15, -0.1) is 0 Å². The molecular formula is C13H10BrF2NO2S. The molecule has 7 heteroatoms. The quantitative estimate of drug-likeness (QED) is 0.902. The van der Waals surface area contributed by atoms with Crippen LogP contribution in [0.3, 0.4) is 0 Å². The summed E-state index contributed by atoms with van der Waals surface area (Å²) in [5, 5.41) is 0. The molecule has 3 nitrogen and oxygen atoms in total. The van der Waals surface area contributed by atoms with E-state index in [1.54, 1.807) is 25.1 Å². The lowest BCUT2D eigenvalue weighted by molar-refractivity contribution is 0.555. The standard InChI is InChI=1S/C13H10BrF2NO2S/c1-8-2-3-9(14)6-12(8)17-20(18,19)13-7-10(15)4-5-11(13)16/h2-7,17H,1H3. The van der Waals surface area contributed by atoms with Crippen molar-refractivity contribution < 1.29 is 17.2 Å². The van der Waals surface area contributed by atoms with Gasteiger partial charge in [0.25, 0.3) is 10.0 Å². The molecule has 0 heterocycles. The largest absolute Gasteiger partial charge is 0.279 e. The third-order valence-corrected chi connectivity index (χ3v) is 4.50. The third kappa shape index (κ3) is 3.16. The highest BCUT2D eigenvalue weighted by molar-refractivity contribution is 9.10. The zero-order valence-electron chi connectivity index (χ0n) is 10.3. The first-order valence-corrected chi connectivity index (χ1v) is 7.81. The molecule has 0 radical (unpaired) electrons. The molecule has 0 saturated heterocycles. The maximum Gasteiger partial charge on any atom is 0.264 e. The first-order valence-electron chi connectivity index (χ1n) is 5.53. The highest BCUT2D eigenvalue weighted by Crippen LogP contribution is 2.25. The van der Waals surface area contributed by atoms with Crippen LogP contribution in [0.4, 0.5) is 14.5 Å². The van der Waals surface area contributed by atoms with Crippen molar-refractivity contribution in [3.8, 4) is 0 Å². The lowest BCUT2D eigenvalue weighted by Crippen LogP contribution is -2.15. The topological polar surface area (TPSA) is 46.2 Å². The Morgan fingerprint density at radius 3 is 2.50 bits per heavy atom. The Kier molecular flexibility index (Phi) is 4.10. The normalized spacial score (nSPS) is 11.4. The Balaban J connectivity index is 2.46. The zero-order valence-corrected chi connectivity index (χ0v) is 12.7. The maximum atomic E-state index is 13.6. The van der Waals surface area contributed by atoms with Crippen LogP contribution in [0.25, 0.3) is 0 Å². The van der Waals surface area contributed by atoms with Crippen molar-refractivity contribution in [3.05, 3.63) is 58.1 Å². The Morgan fingerprint density at radius 1 is 1.10 bits per heavy atom. The van der Waals surface area contributed by atoms with Gasteiger partial charge in [-0.1, -0.05) is 22.0 Å². The molecule has 0 aliphatic heterocycles. The van der Waals surface area contributed by atoms with E-state index in [2.05, 4.69) is 20.7 Å². The van der Waals surface area contributed by atoms with Crippen molar-refractivity contribution in [2.75, 3.05) is 4.72 Å². The molecule has 0 spiro atoms. The van der Waals surface area contributed by atoms with Crippen LogP contribution in [0.2, 0.25) is 0 Å². The predicted octanol–water partition coefficient (Wildman–Crippen LogP) is 3.84. The molecule has 0 aliphatic carbocycles. The number of benzene rings is 2. The van der Waals surface area contributed by atoms with Crippen LogP contribution in [0.15, 0.2) is 45.8 Å². The van der Waals surface area contributed by atoms with Crippen molar-refractivity contribution >= 4 is 31.6 Å². The lowest BCUT2D eigenvalue weighted by Gasteiger charge is -2.11. The first-order chi connectivity index (χ1) is 9.29. The molecule has 1 N–H and O–H groups in total. The van der Waals surface area contributed by atoms with Gasteiger partial charge in [0.2, 0.25) is 0 Å². The summed E-state index contributed by atoms with van der Waals surface area (Å²) in [6.45, 7) is 1.70. The second kappa shape index (κ2) is 5.49. The minimum absolute atomic E-state index is 0.294. The fourth-order valence-corrected chi connectivity index (χ4v) is 3.16. The lowest BCUT2D eigenvalue weighted by atomic mass is 10.2. The molecule has 20 heavy (non-hydrogen) atoms. The summed E-state index contributed by atoms with van der Waals surface area (Å²) in [6.07, 6.45) is 0. The van der Waals surface area contributed by atoms with Gasteiger partial charge in [0.1, 0.15) is 16.5 Å². The molecule has 0 aliphatic rings. The zero-order chi connectivity index (χ0) is 14.9. The fraction of sp³-hybridized carbons (Fsp3) is 0.0769. The second-order valence-corrected chi connectivity index (χ2v) is 6.71. The summed E-state index contributed by atoms with van der Waals surface area (Å²) in [5.74, 6) is -1.83. The van der Waals surface area contributed by atoms with E-state index >= 15 is 0 Å². The van der Waals surface area contributed by atoms with Crippen molar-refractivity contribution in [1.29, 1.82) is 0 Å². The van der Waals surface area contributed by atoms with Crippen LogP contribution >= 0.6 is 15.9 Å². The van der Waals surface area contributed by atoms with Gasteiger partial charge in [-0.05, 0) is 42.8 Å². The summed E-state index contributed by atoms with van der Waals surface area (Å²) in [6, 6.07) is 7.27. The predicted molar refractivity (Wildman–Crippen MR) is 76.0 cm³/mol. The van der Waals surface area contributed by atoms with Gasteiger partial charge in [-0.3, -0.25) is 4.72 Å². The molecule has 2 rings (SSSR count). The fourth-order valence-electron chi connectivity index (χ4n) is 1.59. The Hall–Kier alpha value is -1.47. The summed E-state index contributed by atoms with van der Waals surface area (Å²) >= 11 is 3.22. The van der Waals surface area contributed by atoms with Crippen LogP contribution < -0.4 is 4.72 Å². The highest BCUT2D eigenvalue weighted by Gasteiger charge is 2.20. The van der Waals surface area contributed by atoms with Gasteiger partial charge in [0, 0.05) is 4.47 Å². The van der Waals surface area contributed by atoms with Crippen LogP contribution in [-0.2, 0) is 10.0 Å². The van der Waals surface area contributed by atoms with E-state index in [0.29, 0.717) is 21.8 Å². The molecule has 0 aromatic heterocycles. The number of halogens is 3. The molecule has 0 amide bonds. The van der Waals surface area contributed by atoms with Crippen LogP contribution in [0, 0.1) is 18.6 Å². The summed E-state index contributed by atoms with van der Waals surface area (Å²) in [4.78, 5) is -0.725. The molecule has 0 unspecified atom stereocenters. The first kappa shape index (κ1) is 14.9. The van der Waals surface area contributed by atoms with E-state index in [-0.39, 0.29) is 0 Å². The number of hydrogen-bond donors (Lipinski definition) is 1. The van der Waals surface area contributed by atoms with Crippen molar-refractivity contribution in [3.63, 3.8) is 0 Å². The Morgan fingerprint density at radius 2 is 1.80 bits per heavy atom. The second-order valence-electron chi connectivity index (χ2n) is 4.14. The average Bonchev–Trinajstić information content (AvgIpc) is 2.36. The Bertz CT molecular complexity index is 763. The van der Waals surface area contributed by atoms with Crippen LogP contribution in [-0.4, -0.2) is 8.42 Å². The van der Waals surface area contributed by atoms with Gasteiger partial charge in [0.05, 0.1) is 5.69 Å². The molecule has 2 aromatic carbocycles. The monoisotopic (exact) mass is 361 g/mol.